The van der Waals surface area contributed by atoms with Crippen molar-refractivity contribution >= 4 is 43.1 Å². The minimum atomic E-state index is 0.0822. The standard InChI is InChI=1S/C15H11ClOS/c1-8-7-9(2)13(16)15-12(8)14(17)10-5-3-4-6-11(10)18-15/h3-7H,1-2H3. The van der Waals surface area contributed by atoms with Gasteiger partial charge in [0.05, 0.1) is 9.72 Å². The molecule has 0 bridgehead atoms. The zero-order valence-corrected chi connectivity index (χ0v) is 11.7. The van der Waals surface area contributed by atoms with Gasteiger partial charge in [0.2, 0.25) is 0 Å². The molecule has 0 radical (unpaired) electrons. The van der Waals surface area contributed by atoms with E-state index in [4.69, 9.17) is 11.6 Å². The van der Waals surface area contributed by atoms with Crippen molar-refractivity contribution in [3.8, 4) is 0 Å². The number of rotatable bonds is 0. The quantitative estimate of drug-likeness (QED) is 0.544. The molecule has 0 aliphatic rings. The molecule has 18 heavy (non-hydrogen) atoms. The first kappa shape index (κ1) is 11.7. The molecule has 3 heteroatoms. The molecule has 0 aliphatic heterocycles. The van der Waals surface area contributed by atoms with E-state index in [-0.39, 0.29) is 5.43 Å². The zero-order chi connectivity index (χ0) is 12.9. The summed E-state index contributed by atoms with van der Waals surface area (Å²) < 4.78 is 1.89. The summed E-state index contributed by atoms with van der Waals surface area (Å²) in [5, 5.41) is 2.23. The van der Waals surface area contributed by atoms with Gasteiger partial charge in [-0.3, -0.25) is 4.79 Å². The van der Waals surface area contributed by atoms with Gasteiger partial charge in [-0.05, 0) is 37.1 Å². The van der Waals surface area contributed by atoms with Crippen LogP contribution in [0, 0.1) is 13.8 Å². The highest BCUT2D eigenvalue weighted by molar-refractivity contribution is 7.25. The van der Waals surface area contributed by atoms with Crippen molar-refractivity contribution in [1.82, 2.24) is 0 Å². The number of hydrogen-bond acceptors (Lipinski definition) is 2. The largest absolute Gasteiger partial charge is 0.288 e. The molecular weight excluding hydrogens is 264 g/mol. The van der Waals surface area contributed by atoms with Crippen LogP contribution in [-0.2, 0) is 0 Å². The third-order valence-corrected chi connectivity index (χ3v) is 4.96. The molecule has 0 aliphatic carbocycles. The third kappa shape index (κ3) is 1.57. The van der Waals surface area contributed by atoms with Crippen molar-refractivity contribution in [2.24, 2.45) is 0 Å². The van der Waals surface area contributed by atoms with Crippen LogP contribution in [0.4, 0.5) is 0 Å². The fourth-order valence-electron chi connectivity index (χ4n) is 2.29. The zero-order valence-electron chi connectivity index (χ0n) is 10.1. The molecule has 1 heterocycles. The van der Waals surface area contributed by atoms with Crippen molar-refractivity contribution in [2.45, 2.75) is 13.8 Å². The van der Waals surface area contributed by atoms with Crippen LogP contribution < -0.4 is 5.43 Å². The monoisotopic (exact) mass is 274 g/mol. The summed E-state index contributed by atoms with van der Waals surface area (Å²) in [7, 11) is 0. The van der Waals surface area contributed by atoms with Gasteiger partial charge in [0.15, 0.2) is 5.43 Å². The van der Waals surface area contributed by atoms with Crippen molar-refractivity contribution in [1.29, 1.82) is 0 Å². The summed E-state index contributed by atoms with van der Waals surface area (Å²) in [4.78, 5) is 12.5. The molecule has 0 N–H and O–H groups in total. The number of aryl methyl sites for hydroxylation is 2. The summed E-state index contributed by atoms with van der Waals surface area (Å²) in [5.74, 6) is 0. The smallest absolute Gasteiger partial charge is 0.196 e. The summed E-state index contributed by atoms with van der Waals surface area (Å²) in [6.07, 6.45) is 0. The van der Waals surface area contributed by atoms with Crippen LogP contribution >= 0.6 is 22.9 Å². The summed E-state index contributed by atoms with van der Waals surface area (Å²) >= 11 is 7.93. The van der Waals surface area contributed by atoms with Gasteiger partial charge in [-0.15, -0.1) is 11.3 Å². The lowest BCUT2D eigenvalue weighted by molar-refractivity contribution is 1.43. The Labute approximate surface area is 114 Å². The average Bonchev–Trinajstić information content (AvgIpc) is 2.36. The van der Waals surface area contributed by atoms with Crippen molar-refractivity contribution in [2.75, 3.05) is 0 Å². The van der Waals surface area contributed by atoms with Gasteiger partial charge in [0, 0.05) is 15.5 Å². The second kappa shape index (κ2) is 4.08. The molecule has 1 aromatic heterocycles. The summed E-state index contributed by atoms with van der Waals surface area (Å²) in [6.45, 7) is 3.94. The van der Waals surface area contributed by atoms with Gasteiger partial charge >= 0.3 is 0 Å². The van der Waals surface area contributed by atoms with E-state index < -0.39 is 0 Å². The fourth-order valence-corrected chi connectivity index (χ4v) is 3.80. The molecule has 1 nitrogen and oxygen atoms in total. The number of halogens is 1. The van der Waals surface area contributed by atoms with E-state index in [1.165, 1.54) is 0 Å². The number of benzene rings is 2. The lowest BCUT2D eigenvalue weighted by atomic mass is 10.1. The van der Waals surface area contributed by atoms with E-state index in [1.54, 1.807) is 11.3 Å². The molecule has 0 spiro atoms. The maximum atomic E-state index is 12.5. The van der Waals surface area contributed by atoms with Gasteiger partial charge < -0.3 is 0 Å². The molecular formula is C15H11ClOS. The van der Waals surface area contributed by atoms with Gasteiger partial charge in [0.1, 0.15) is 0 Å². The lowest BCUT2D eigenvalue weighted by Crippen LogP contribution is -2.03. The molecule has 3 aromatic rings. The maximum Gasteiger partial charge on any atom is 0.196 e. The van der Waals surface area contributed by atoms with E-state index in [9.17, 15) is 4.79 Å². The Bertz CT molecular complexity index is 833. The topological polar surface area (TPSA) is 17.1 Å². The normalized spacial score (nSPS) is 11.3. The lowest BCUT2D eigenvalue weighted by Gasteiger charge is -2.08. The molecule has 90 valence electrons. The van der Waals surface area contributed by atoms with Gasteiger partial charge in [-0.25, -0.2) is 0 Å². The molecule has 0 unspecified atom stereocenters. The average molecular weight is 275 g/mol. The Morgan fingerprint density at radius 2 is 1.83 bits per heavy atom. The highest BCUT2D eigenvalue weighted by Gasteiger charge is 2.12. The Hall–Kier alpha value is -1.38. The molecule has 0 saturated heterocycles. The predicted molar refractivity (Wildman–Crippen MR) is 80.1 cm³/mol. The fraction of sp³-hybridized carbons (Fsp3) is 0.133. The van der Waals surface area contributed by atoms with Crippen LogP contribution in [-0.4, -0.2) is 0 Å². The predicted octanol–water partition coefficient (Wildman–Crippen LogP) is 4.68. The minimum absolute atomic E-state index is 0.0822. The Balaban J connectivity index is 2.69. The first-order valence-corrected chi connectivity index (χ1v) is 6.90. The van der Waals surface area contributed by atoms with Crippen LogP contribution in [0.25, 0.3) is 20.2 Å². The van der Waals surface area contributed by atoms with E-state index in [1.807, 2.05) is 44.2 Å². The third-order valence-electron chi connectivity index (χ3n) is 3.17. The first-order chi connectivity index (χ1) is 8.59. The van der Waals surface area contributed by atoms with Crippen molar-refractivity contribution in [3.05, 3.63) is 56.7 Å². The van der Waals surface area contributed by atoms with Crippen LogP contribution in [0.2, 0.25) is 5.02 Å². The summed E-state index contributed by atoms with van der Waals surface area (Å²) in [5.41, 5.74) is 2.10. The minimum Gasteiger partial charge on any atom is -0.288 e. The van der Waals surface area contributed by atoms with Gasteiger partial charge in [-0.1, -0.05) is 29.8 Å². The maximum absolute atomic E-state index is 12.5. The first-order valence-electron chi connectivity index (χ1n) is 5.71. The van der Waals surface area contributed by atoms with Crippen LogP contribution in [0.1, 0.15) is 11.1 Å². The molecule has 0 saturated carbocycles. The molecule has 0 atom stereocenters. The number of hydrogen-bond donors (Lipinski definition) is 0. The van der Waals surface area contributed by atoms with Crippen molar-refractivity contribution < 1.29 is 0 Å². The number of fused-ring (bicyclic) bond motifs is 2. The molecule has 3 rings (SSSR count). The Morgan fingerprint density at radius 1 is 1.11 bits per heavy atom. The van der Waals surface area contributed by atoms with Crippen LogP contribution in [0.5, 0.6) is 0 Å². The van der Waals surface area contributed by atoms with E-state index in [2.05, 4.69) is 0 Å². The van der Waals surface area contributed by atoms with Crippen molar-refractivity contribution in [3.63, 3.8) is 0 Å². The highest BCUT2D eigenvalue weighted by atomic mass is 35.5. The van der Waals surface area contributed by atoms with E-state index in [0.717, 1.165) is 31.3 Å². The SMILES string of the molecule is Cc1cc(C)c2c(=O)c3ccccc3sc2c1Cl. The summed E-state index contributed by atoms with van der Waals surface area (Å²) in [6, 6.07) is 9.66. The van der Waals surface area contributed by atoms with Crippen LogP contribution in [0.15, 0.2) is 35.1 Å². The van der Waals surface area contributed by atoms with Gasteiger partial charge in [0.25, 0.3) is 0 Å². The van der Waals surface area contributed by atoms with E-state index in [0.29, 0.717) is 5.02 Å². The molecule has 2 aromatic carbocycles. The Kier molecular flexibility index (Phi) is 2.65. The van der Waals surface area contributed by atoms with E-state index >= 15 is 0 Å². The molecule has 0 fully saturated rings. The Morgan fingerprint density at radius 3 is 2.61 bits per heavy atom. The molecule has 0 amide bonds. The van der Waals surface area contributed by atoms with Gasteiger partial charge in [-0.2, -0.15) is 0 Å². The second-order valence-electron chi connectivity index (χ2n) is 4.46. The van der Waals surface area contributed by atoms with Crippen LogP contribution in [0.3, 0.4) is 0 Å². The second-order valence-corrected chi connectivity index (χ2v) is 5.89. The highest BCUT2D eigenvalue weighted by Crippen LogP contribution is 2.34.